The molecule has 1 aromatic rings. The molecule has 7 heteroatoms. The Kier molecular flexibility index (Phi) is 13.9. The molecule has 1 N–H and O–H groups in total. The third-order valence-electron chi connectivity index (χ3n) is 4.38. The Hall–Kier alpha value is -0.110. The topological polar surface area (TPSA) is 80.7 Å². The minimum Gasteiger partial charge on any atom is -0.748 e. The summed E-state index contributed by atoms with van der Waals surface area (Å²) in [5, 5.41) is 10.00. The van der Waals surface area contributed by atoms with Gasteiger partial charge in [-0.25, -0.2) is 8.42 Å². The predicted molar refractivity (Wildman–Crippen MR) is 101 cm³/mol. The number of aromatic hydroxyl groups is 1. The molecule has 0 spiro atoms. The molecule has 5 nitrogen and oxygen atoms in total. The van der Waals surface area contributed by atoms with E-state index < -0.39 is 15.9 Å². The first-order valence-electron chi connectivity index (χ1n) is 9.24. The van der Waals surface area contributed by atoms with Crippen molar-refractivity contribution in [3.8, 4) is 5.75 Å². The first-order chi connectivity index (χ1) is 11.8. The summed E-state index contributed by atoms with van der Waals surface area (Å²) >= 11 is 0. The van der Waals surface area contributed by atoms with E-state index in [0.717, 1.165) is 18.4 Å². The molecule has 0 saturated heterocycles. The van der Waals surface area contributed by atoms with Gasteiger partial charge in [0.25, 0.3) is 0 Å². The molecule has 0 aliphatic rings. The average Bonchev–Trinajstić information content (AvgIpc) is 2.54. The molecule has 144 valence electrons. The van der Waals surface area contributed by atoms with Gasteiger partial charge in [-0.05, 0) is 31.5 Å². The first-order valence-corrected chi connectivity index (χ1v) is 10.8. The van der Waals surface area contributed by atoms with Crippen LogP contribution in [0.3, 0.4) is 0 Å². The Balaban J connectivity index is 0.00000625. The molecular weight excluding hydrogens is 361 g/mol. The maximum Gasteiger partial charge on any atom is 1.00 e. The number of hydrogen-bond donors (Lipinski definition) is 1. The summed E-state index contributed by atoms with van der Waals surface area (Å²) in [4.78, 5) is 1.74. The van der Waals surface area contributed by atoms with Crippen LogP contribution in [0.15, 0.2) is 18.2 Å². The quantitative estimate of drug-likeness (QED) is 0.303. The number of phenolic OH excluding ortho intramolecular Hbond substituents is 1. The Morgan fingerprint density at radius 2 is 1.69 bits per heavy atom. The maximum absolute atomic E-state index is 10.7. The number of phenols is 1. The second kappa shape index (κ2) is 14.0. The molecule has 0 radical (unpaired) electrons. The van der Waals surface area contributed by atoms with Crippen molar-refractivity contribution >= 4 is 10.1 Å². The summed E-state index contributed by atoms with van der Waals surface area (Å²) in [6.45, 7) is 2.80. The van der Waals surface area contributed by atoms with Gasteiger partial charge < -0.3 is 14.6 Å². The molecular formula is C19H32NNaO4S. The van der Waals surface area contributed by atoms with Gasteiger partial charge in [-0.15, -0.1) is 0 Å². The molecule has 1 rings (SSSR count). The molecule has 0 fully saturated rings. The van der Waals surface area contributed by atoms with Gasteiger partial charge in [0.15, 0.2) is 0 Å². The summed E-state index contributed by atoms with van der Waals surface area (Å²) in [5.41, 5.74) is 1.96. The van der Waals surface area contributed by atoms with E-state index in [2.05, 4.69) is 6.92 Å². The van der Waals surface area contributed by atoms with Crippen molar-refractivity contribution in [1.29, 1.82) is 0 Å². The Morgan fingerprint density at radius 3 is 2.31 bits per heavy atom. The number of nitrogens with zero attached hydrogens (tertiary/aromatic N) is 1. The van der Waals surface area contributed by atoms with E-state index in [1.807, 2.05) is 12.1 Å². The molecule has 0 amide bonds. The number of unbranched alkanes of at least 4 members (excludes halogenated alkanes) is 6. The second-order valence-corrected chi connectivity index (χ2v) is 8.36. The third kappa shape index (κ3) is 12.3. The van der Waals surface area contributed by atoms with Crippen LogP contribution in [-0.2, 0) is 23.1 Å². The maximum atomic E-state index is 10.7. The second-order valence-electron chi connectivity index (χ2n) is 6.83. The van der Waals surface area contributed by atoms with Crippen LogP contribution in [0.1, 0.15) is 63.0 Å². The van der Waals surface area contributed by atoms with Crippen LogP contribution >= 0.6 is 0 Å². The van der Waals surface area contributed by atoms with Gasteiger partial charge >= 0.3 is 29.6 Å². The molecule has 0 heterocycles. The van der Waals surface area contributed by atoms with Crippen LogP contribution in [0, 0.1) is 0 Å². The fourth-order valence-corrected chi connectivity index (χ4v) is 3.38. The fourth-order valence-electron chi connectivity index (χ4n) is 2.84. The van der Waals surface area contributed by atoms with E-state index in [1.165, 1.54) is 44.1 Å². The van der Waals surface area contributed by atoms with Gasteiger partial charge in [-0.1, -0.05) is 57.6 Å². The van der Waals surface area contributed by atoms with Crippen molar-refractivity contribution in [2.75, 3.05) is 19.3 Å². The number of aryl methyl sites for hydroxylation is 1. The standard InChI is InChI=1S/C19H33NO4S.Na/c1-3-4-5-6-7-8-9-10-17-11-12-19(21)18(15-17)16-20(2)13-14-25(22,23)24;/h11-12,15,21H,3-10,13-14,16H2,1-2H3,(H,22,23,24);/q;+1/p-1. The molecule has 0 unspecified atom stereocenters. The van der Waals surface area contributed by atoms with Crippen LogP contribution in [0.25, 0.3) is 0 Å². The molecule has 0 aromatic heterocycles. The smallest absolute Gasteiger partial charge is 0.748 e. The number of rotatable bonds is 13. The molecule has 1 aromatic carbocycles. The fraction of sp³-hybridized carbons (Fsp3) is 0.684. The summed E-state index contributed by atoms with van der Waals surface area (Å²) in [6.07, 6.45) is 9.85. The van der Waals surface area contributed by atoms with Crippen molar-refractivity contribution in [1.82, 2.24) is 4.90 Å². The SMILES string of the molecule is CCCCCCCCCc1ccc(O)c(CN(C)CCS(=O)(=O)[O-])c1.[Na+]. The van der Waals surface area contributed by atoms with Crippen molar-refractivity contribution in [2.45, 2.75) is 64.8 Å². The van der Waals surface area contributed by atoms with Crippen molar-refractivity contribution in [2.24, 2.45) is 0 Å². The predicted octanol–water partition coefficient (Wildman–Crippen LogP) is 0.666. The van der Waals surface area contributed by atoms with Crippen LogP contribution < -0.4 is 29.6 Å². The zero-order chi connectivity index (χ0) is 18.7. The van der Waals surface area contributed by atoms with E-state index in [4.69, 9.17) is 0 Å². The van der Waals surface area contributed by atoms with Gasteiger partial charge in [-0.3, -0.25) is 0 Å². The van der Waals surface area contributed by atoms with E-state index >= 15 is 0 Å². The zero-order valence-electron chi connectivity index (χ0n) is 16.5. The van der Waals surface area contributed by atoms with Gasteiger partial charge in [0.2, 0.25) is 0 Å². The van der Waals surface area contributed by atoms with Gasteiger partial charge in [-0.2, -0.15) is 0 Å². The number of benzene rings is 1. The van der Waals surface area contributed by atoms with Crippen molar-refractivity contribution in [3.05, 3.63) is 29.3 Å². The van der Waals surface area contributed by atoms with E-state index in [-0.39, 0.29) is 41.9 Å². The molecule has 26 heavy (non-hydrogen) atoms. The Labute approximate surface area is 181 Å². The van der Waals surface area contributed by atoms with Crippen LogP contribution in [0.4, 0.5) is 0 Å². The van der Waals surface area contributed by atoms with Crippen LogP contribution in [-0.4, -0.2) is 42.3 Å². The van der Waals surface area contributed by atoms with Crippen LogP contribution in [0.2, 0.25) is 0 Å². The number of hydrogen-bond acceptors (Lipinski definition) is 5. The van der Waals surface area contributed by atoms with Gasteiger partial charge in [0, 0.05) is 18.7 Å². The Morgan fingerprint density at radius 1 is 1.08 bits per heavy atom. The van der Waals surface area contributed by atoms with Crippen molar-refractivity contribution in [3.63, 3.8) is 0 Å². The normalized spacial score (nSPS) is 11.5. The van der Waals surface area contributed by atoms with E-state index in [0.29, 0.717) is 6.54 Å². The molecule has 0 bridgehead atoms. The molecule has 0 aliphatic heterocycles. The largest absolute Gasteiger partial charge is 1.00 e. The summed E-state index contributed by atoms with van der Waals surface area (Å²) in [6, 6.07) is 5.62. The van der Waals surface area contributed by atoms with Gasteiger partial charge in [0.05, 0.1) is 15.9 Å². The van der Waals surface area contributed by atoms with E-state index in [1.54, 1.807) is 18.0 Å². The minimum atomic E-state index is -4.21. The van der Waals surface area contributed by atoms with E-state index in [9.17, 15) is 18.1 Å². The summed E-state index contributed by atoms with van der Waals surface area (Å²) in [5.74, 6) is -0.206. The minimum absolute atomic E-state index is 0. The summed E-state index contributed by atoms with van der Waals surface area (Å²) in [7, 11) is -2.46. The van der Waals surface area contributed by atoms with Crippen molar-refractivity contribution < 1.29 is 47.6 Å². The monoisotopic (exact) mass is 393 g/mol. The summed E-state index contributed by atoms with van der Waals surface area (Å²) < 4.78 is 32.1. The van der Waals surface area contributed by atoms with Crippen LogP contribution in [0.5, 0.6) is 5.75 Å². The Bertz CT molecular complexity index is 608. The molecule has 0 saturated carbocycles. The average molecular weight is 394 g/mol. The first kappa shape index (κ1) is 25.9. The molecule has 0 atom stereocenters. The zero-order valence-corrected chi connectivity index (χ0v) is 19.4. The molecule has 0 aliphatic carbocycles. The third-order valence-corrected chi connectivity index (χ3v) is 5.06. The van der Waals surface area contributed by atoms with Gasteiger partial charge in [0.1, 0.15) is 5.75 Å².